The molecule has 8 nitrogen and oxygen atoms in total. The molecule has 6 heterocycles. The van der Waals surface area contributed by atoms with E-state index in [4.69, 9.17) is 19.9 Å². The lowest BCUT2D eigenvalue weighted by molar-refractivity contribution is 1.13. The van der Waals surface area contributed by atoms with Crippen molar-refractivity contribution in [2.75, 3.05) is 0 Å². The van der Waals surface area contributed by atoms with Gasteiger partial charge in [0.25, 0.3) is 0 Å². The van der Waals surface area contributed by atoms with Gasteiger partial charge in [0.05, 0.1) is 79.5 Å². The molecule has 0 atom stereocenters. The first-order valence-electron chi connectivity index (χ1n) is 29.9. The molecule has 0 aliphatic carbocycles. The number of hydrogen-bond donors (Lipinski definition) is 0. The van der Waals surface area contributed by atoms with Gasteiger partial charge in [-0.25, -0.2) is 0 Å². The van der Waals surface area contributed by atoms with Gasteiger partial charge in [-0.05, 0) is 101 Å². The second-order valence-electron chi connectivity index (χ2n) is 22.4. The lowest BCUT2D eigenvalue weighted by atomic mass is 9.96. The second-order valence-corrected chi connectivity index (χ2v) is 22.4. The fourth-order valence-electron chi connectivity index (χ4n) is 13.2. The third-order valence-corrected chi connectivity index (χ3v) is 17.2. The van der Waals surface area contributed by atoms with E-state index in [1.807, 2.05) is 152 Å². The standard InChI is InChI=1S/C82H50N8/c83-51-53-18-13-27-63(44-53)78-76(89-72-47-59(64-28-14-40-85-79(64)55-19-5-1-6-20-55)32-36-68(72)69-37-33-60(48-73(69)89)65-29-15-41-86-80(65)56-21-7-2-8-22-56)45-54(52-84)46-77(78)90-74-49-61(66-30-16-42-87-81(66)57-23-9-3-10-24-57)34-38-70(74)71-39-35-62(50-75(71)90)67-31-17-43-88-82(67)58-25-11-4-12-26-58/h1-50H. The van der Waals surface area contributed by atoms with E-state index < -0.39 is 0 Å². The van der Waals surface area contributed by atoms with E-state index in [0.29, 0.717) is 11.1 Å². The van der Waals surface area contributed by atoms with Gasteiger partial charge >= 0.3 is 0 Å². The van der Waals surface area contributed by atoms with E-state index in [1.165, 1.54) is 0 Å². The fraction of sp³-hybridized carbons (Fsp3) is 0. The third-order valence-electron chi connectivity index (χ3n) is 17.2. The fourth-order valence-corrected chi connectivity index (χ4v) is 13.2. The van der Waals surface area contributed by atoms with E-state index in [-0.39, 0.29) is 0 Å². The van der Waals surface area contributed by atoms with E-state index in [2.05, 4.69) is 173 Å². The number of nitrogens with zero attached hydrogens (tertiary/aromatic N) is 8. The minimum absolute atomic E-state index is 0.444. The molecule has 0 saturated carbocycles. The Bertz CT molecular complexity index is 4970. The molecule has 0 spiro atoms. The van der Waals surface area contributed by atoms with Crippen LogP contribution in [-0.4, -0.2) is 29.1 Å². The summed E-state index contributed by atoms with van der Waals surface area (Å²) in [6.07, 6.45) is 7.39. The number of nitriles is 2. The Morgan fingerprint density at radius 3 is 0.844 bits per heavy atom. The van der Waals surface area contributed by atoms with Crippen LogP contribution in [0.25, 0.3) is 156 Å². The molecule has 10 aromatic carbocycles. The summed E-state index contributed by atoms with van der Waals surface area (Å²) < 4.78 is 4.67. The summed E-state index contributed by atoms with van der Waals surface area (Å²) in [4.78, 5) is 20.0. The summed E-state index contributed by atoms with van der Waals surface area (Å²) in [6.45, 7) is 0. The molecular weight excluding hydrogens is 1100 g/mol. The number of rotatable bonds is 11. The molecule has 90 heavy (non-hydrogen) atoms. The molecule has 16 aromatic rings. The molecular formula is C82H50N8. The number of fused-ring (bicyclic) bond motifs is 6. The minimum Gasteiger partial charge on any atom is -0.308 e. The molecule has 0 unspecified atom stereocenters. The number of aromatic nitrogens is 6. The molecule has 0 aliphatic heterocycles. The van der Waals surface area contributed by atoms with Gasteiger partial charge in [0.1, 0.15) is 0 Å². The van der Waals surface area contributed by atoms with Gasteiger partial charge in [0, 0.05) is 96.4 Å². The van der Waals surface area contributed by atoms with Crippen molar-refractivity contribution >= 4 is 43.6 Å². The van der Waals surface area contributed by atoms with Crippen molar-refractivity contribution in [3.8, 4) is 124 Å². The Kier molecular flexibility index (Phi) is 13.1. The summed E-state index contributed by atoms with van der Waals surface area (Å²) in [6, 6.07) is 101. The van der Waals surface area contributed by atoms with E-state index >= 15 is 0 Å². The van der Waals surface area contributed by atoms with Gasteiger partial charge in [-0.3, -0.25) is 19.9 Å². The van der Waals surface area contributed by atoms with E-state index in [1.54, 1.807) is 0 Å². The summed E-state index contributed by atoms with van der Waals surface area (Å²) in [5.41, 5.74) is 23.0. The van der Waals surface area contributed by atoms with Crippen LogP contribution in [0.15, 0.2) is 304 Å². The highest BCUT2D eigenvalue weighted by Crippen LogP contribution is 2.47. The molecule has 0 aliphatic rings. The van der Waals surface area contributed by atoms with Crippen LogP contribution in [0.3, 0.4) is 0 Å². The topological polar surface area (TPSA) is 109 Å². The minimum atomic E-state index is 0.444. The number of pyridine rings is 4. The predicted molar refractivity (Wildman–Crippen MR) is 365 cm³/mol. The zero-order valence-electron chi connectivity index (χ0n) is 48.4. The van der Waals surface area contributed by atoms with Crippen molar-refractivity contribution in [1.29, 1.82) is 10.5 Å². The number of benzene rings is 10. The molecule has 16 rings (SSSR count). The van der Waals surface area contributed by atoms with Gasteiger partial charge in [-0.2, -0.15) is 10.5 Å². The summed E-state index contributed by atoms with van der Waals surface area (Å²) in [5.74, 6) is 0. The Balaban J connectivity index is 1.04. The quantitative estimate of drug-likeness (QED) is 0.128. The smallest absolute Gasteiger partial charge is 0.0993 e. The van der Waals surface area contributed by atoms with Crippen LogP contribution in [-0.2, 0) is 0 Å². The van der Waals surface area contributed by atoms with Crippen molar-refractivity contribution in [3.63, 3.8) is 0 Å². The predicted octanol–water partition coefficient (Wildman–Crippen LogP) is 20.2. The maximum atomic E-state index is 11.7. The first kappa shape index (κ1) is 52.9. The van der Waals surface area contributed by atoms with Gasteiger partial charge in [-0.15, -0.1) is 0 Å². The van der Waals surface area contributed by atoms with Crippen LogP contribution in [0, 0.1) is 22.7 Å². The first-order chi connectivity index (χ1) is 44.6. The van der Waals surface area contributed by atoms with Gasteiger partial charge in [0.2, 0.25) is 0 Å². The van der Waals surface area contributed by atoms with E-state index in [9.17, 15) is 10.5 Å². The Morgan fingerprint density at radius 1 is 0.244 bits per heavy atom. The monoisotopic (exact) mass is 1150 g/mol. The van der Waals surface area contributed by atoms with Crippen LogP contribution in [0.2, 0.25) is 0 Å². The second kappa shape index (κ2) is 22.3. The Labute approximate surface area is 519 Å². The summed E-state index contributed by atoms with van der Waals surface area (Å²) in [5, 5.41) is 26.5. The van der Waals surface area contributed by atoms with Crippen molar-refractivity contribution in [1.82, 2.24) is 29.1 Å². The van der Waals surface area contributed by atoms with Crippen LogP contribution in [0.4, 0.5) is 0 Å². The number of hydrogen-bond acceptors (Lipinski definition) is 6. The van der Waals surface area contributed by atoms with Crippen molar-refractivity contribution in [2.24, 2.45) is 0 Å². The molecule has 0 N–H and O–H groups in total. The molecule has 8 heteroatoms. The zero-order chi connectivity index (χ0) is 60.1. The van der Waals surface area contributed by atoms with Crippen molar-refractivity contribution in [2.45, 2.75) is 0 Å². The highest BCUT2D eigenvalue weighted by molar-refractivity contribution is 6.15. The van der Waals surface area contributed by atoms with Crippen molar-refractivity contribution in [3.05, 3.63) is 315 Å². The van der Waals surface area contributed by atoms with Crippen LogP contribution in [0.5, 0.6) is 0 Å². The summed E-state index contributed by atoms with van der Waals surface area (Å²) in [7, 11) is 0. The molecule has 418 valence electrons. The molecule has 0 saturated heterocycles. The van der Waals surface area contributed by atoms with Gasteiger partial charge in [-0.1, -0.05) is 206 Å². The lowest BCUT2D eigenvalue weighted by Gasteiger charge is -2.22. The maximum Gasteiger partial charge on any atom is 0.0993 e. The zero-order valence-corrected chi connectivity index (χ0v) is 48.4. The molecule has 0 amide bonds. The molecule has 0 radical (unpaired) electrons. The molecule has 6 aromatic heterocycles. The largest absolute Gasteiger partial charge is 0.308 e. The van der Waals surface area contributed by atoms with Crippen LogP contribution >= 0.6 is 0 Å². The average molecular weight is 1150 g/mol. The normalized spacial score (nSPS) is 11.3. The van der Waals surface area contributed by atoms with E-state index in [0.717, 1.165) is 156 Å². The van der Waals surface area contributed by atoms with Crippen LogP contribution in [0.1, 0.15) is 11.1 Å². The first-order valence-corrected chi connectivity index (χ1v) is 29.9. The van der Waals surface area contributed by atoms with Gasteiger partial charge < -0.3 is 9.13 Å². The highest BCUT2D eigenvalue weighted by Gasteiger charge is 2.26. The van der Waals surface area contributed by atoms with Crippen molar-refractivity contribution < 1.29 is 0 Å². The molecule has 0 fully saturated rings. The Morgan fingerprint density at radius 2 is 0.544 bits per heavy atom. The lowest BCUT2D eigenvalue weighted by Crippen LogP contribution is -2.05. The molecule has 0 bridgehead atoms. The van der Waals surface area contributed by atoms with Crippen LogP contribution < -0.4 is 0 Å². The third kappa shape index (κ3) is 9.16. The summed E-state index contributed by atoms with van der Waals surface area (Å²) >= 11 is 0. The van der Waals surface area contributed by atoms with Gasteiger partial charge in [0.15, 0.2) is 0 Å². The highest BCUT2D eigenvalue weighted by atomic mass is 15.0. The SMILES string of the molecule is N#Cc1cccc(-c2c(-n3c4cc(-c5cccnc5-c5ccccc5)ccc4c4ccc(-c5cccnc5-c5ccccc5)cc43)cc(C#N)cc2-n2c3cc(-c4cccnc4-c4ccccc4)ccc3c3ccc(-c4cccnc4-c4ccccc4)cc32)c1. The Hall–Kier alpha value is -12.6. The average Bonchev–Trinajstić information content (AvgIpc) is 1.55. The maximum absolute atomic E-state index is 11.7.